The highest BCUT2D eigenvalue weighted by molar-refractivity contribution is 14.0. The van der Waals surface area contributed by atoms with E-state index in [1.165, 1.54) is 38.9 Å². The molecule has 0 radical (unpaired) electrons. The van der Waals surface area contributed by atoms with Crippen molar-refractivity contribution in [3.8, 4) is 0 Å². The van der Waals surface area contributed by atoms with Gasteiger partial charge in [0.15, 0.2) is 5.96 Å². The molecule has 0 aromatic carbocycles. The molecule has 0 aliphatic carbocycles. The van der Waals surface area contributed by atoms with Crippen LogP contribution in [0.3, 0.4) is 0 Å². The number of rotatable bonds is 9. The van der Waals surface area contributed by atoms with Gasteiger partial charge in [-0.05, 0) is 32.2 Å². The molecule has 1 atom stereocenters. The summed E-state index contributed by atoms with van der Waals surface area (Å²) in [6.07, 6.45) is 7.42. The van der Waals surface area contributed by atoms with Crippen LogP contribution in [0, 0.1) is 5.92 Å². The summed E-state index contributed by atoms with van der Waals surface area (Å²) in [6.45, 7) is 12.1. The molecule has 2 N–H and O–H groups in total. The monoisotopic (exact) mass is 519 g/mol. The van der Waals surface area contributed by atoms with Gasteiger partial charge in [-0.15, -0.1) is 34.2 Å². The van der Waals surface area contributed by atoms with Crippen molar-refractivity contribution in [2.45, 2.75) is 58.5 Å². The molecule has 2 fully saturated rings. The third kappa shape index (κ3) is 8.01. The minimum absolute atomic E-state index is 0. The highest BCUT2D eigenvalue weighted by Gasteiger charge is 2.20. The molecule has 1 aromatic rings. The Morgan fingerprint density at radius 1 is 1.24 bits per heavy atom. The molecular weight excluding hydrogens is 481 g/mol. The summed E-state index contributed by atoms with van der Waals surface area (Å²) in [6, 6.07) is 0.500. The van der Waals surface area contributed by atoms with Gasteiger partial charge in [-0.3, -0.25) is 4.99 Å². The topological polar surface area (TPSA) is 79.6 Å². The standard InChI is InChI=1S/C20H37N7O.HI/c1-3-9-26-10-5-18(6-11-26)24-20(22-14-17-7-13-28-15-17)21-8-12-27-16-23-25-19(27)4-2;/h16-18H,3-15H2,1-2H3,(H2,21,22,24);1H. The number of aliphatic imine (C=N–C) groups is 1. The third-order valence-corrected chi connectivity index (χ3v) is 5.66. The highest BCUT2D eigenvalue weighted by Crippen LogP contribution is 2.13. The first-order valence-electron chi connectivity index (χ1n) is 11.0. The summed E-state index contributed by atoms with van der Waals surface area (Å²) in [7, 11) is 0. The molecule has 0 saturated carbocycles. The van der Waals surface area contributed by atoms with E-state index in [2.05, 4.69) is 44.1 Å². The predicted octanol–water partition coefficient (Wildman–Crippen LogP) is 1.90. The number of nitrogens with zero attached hydrogens (tertiary/aromatic N) is 5. The van der Waals surface area contributed by atoms with Crippen LogP contribution in [0.1, 0.15) is 45.4 Å². The Hall–Kier alpha value is -0.940. The van der Waals surface area contributed by atoms with E-state index < -0.39 is 0 Å². The number of hydrogen-bond donors (Lipinski definition) is 2. The Morgan fingerprint density at radius 3 is 2.76 bits per heavy atom. The maximum Gasteiger partial charge on any atom is 0.191 e. The molecule has 2 aliphatic rings. The maximum absolute atomic E-state index is 5.50. The van der Waals surface area contributed by atoms with Gasteiger partial charge in [-0.1, -0.05) is 13.8 Å². The van der Waals surface area contributed by atoms with Crippen LogP contribution in [0.15, 0.2) is 11.3 Å². The molecular formula is C20H38IN7O. The van der Waals surface area contributed by atoms with E-state index in [9.17, 15) is 0 Å². The van der Waals surface area contributed by atoms with Crippen LogP contribution in [0.5, 0.6) is 0 Å². The molecule has 2 saturated heterocycles. The lowest BCUT2D eigenvalue weighted by molar-refractivity contribution is 0.187. The van der Waals surface area contributed by atoms with Crippen molar-refractivity contribution in [2.75, 3.05) is 45.9 Å². The summed E-state index contributed by atoms with van der Waals surface area (Å²) < 4.78 is 7.61. The van der Waals surface area contributed by atoms with Gasteiger partial charge >= 0.3 is 0 Å². The summed E-state index contributed by atoms with van der Waals surface area (Å²) in [5.41, 5.74) is 0. The lowest BCUT2D eigenvalue weighted by Crippen LogP contribution is -2.49. The number of ether oxygens (including phenoxy) is 1. The van der Waals surface area contributed by atoms with Crippen LogP contribution < -0.4 is 10.6 Å². The van der Waals surface area contributed by atoms with Gasteiger partial charge < -0.3 is 24.8 Å². The second kappa shape index (κ2) is 13.4. The molecule has 0 spiro atoms. The molecule has 1 aromatic heterocycles. The van der Waals surface area contributed by atoms with Crippen molar-refractivity contribution in [2.24, 2.45) is 10.9 Å². The van der Waals surface area contributed by atoms with Gasteiger partial charge in [0.05, 0.1) is 6.61 Å². The van der Waals surface area contributed by atoms with Crippen LogP contribution in [-0.4, -0.2) is 77.6 Å². The second-order valence-corrected chi connectivity index (χ2v) is 7.90. The van der Waals surface area contributed by atoms with Gasteiger partial charge in [0.25, 0.3) is 0 Å². The second-order valence-electron chi connectivity index (χ2n) is 7.90. The zero-order valence-electron chi connectivity index (χ0n) is 18.0. The zero-order valence-corrected chi connectivity index (χ0v) is 20.3. The maximum atomic E-state index is 5.50. The molecule has 166 valence electrons. The van der Waals surface area contributed by atoms with E-state index in [1.54, 1.807) is 0 Å². The minimum Gasteiger partial charge on any atom is -0.381 e. The number of nitrogens with one attached hydrogen (secondary N) is 2. The third-order valence-electron chi connectivity index (χ3n) is 5.66. The summed E-state index contributed by atoms with van der Waals surface area (Å²) in [5, 5.41) is 15.4. The van der Waals surface area contributed by atoms with E-state index in [1.807, 2.05) is 6.33 Å². The molecule has 0 bridgehead atoms. The summed E-state index contributed by atoms with van der Waals surface area (Å²) >= 11 is 0. The van der Waals surface area contributed by atoms with Crippen LogP contribution in [0.2, 0.25) is 0 Å². The van der Waals surface area contributed by atoms with Crippen LogP contribution in [-0.2, 0) is 17.7 Å². The molecule has 9 heteroatoms. The molecule has 0 amide bonds. The van der Waals surface area contributed by atoms with Crippen LogP contribution in [0.25, 0.3) is 0 Å². The molecule has 29 heavy (non-hydrogen) atoms. The van der Waals surface area contributed by atoms with E-state index >= 15 is 0 Å². The molecule has 8 nitrogen and oxygen atoms in total. The van der Waals surface area contributed by atoms with Crippen molar-refractivity contribution >= 4 is 29.9 Å². The average molecular weight is 519 g/mol. The first kappa shape index (κ1) is 24.3. The van der Waals surface area contributed by atoms with E-state index in [0.29, 0.717) is 12.0 Å². The molecule has 3 rings (SSSR count). The molecule has 1 unspecified atom stereocenters. The number of piperidine rings is 1. The van der Waals surface area contributed by atoms with Gasteiger partial charge in [-0.2, -0.15) is 0 Å². The molecule has 2 aliphatic heterocycles. The first-order chi connectivity index (χ1) is 13.8. The van der Waals surface area contributed by atoms with E-state index in [0.717, 1.165) is 57.5 Å². The minimum atomic E-state index is 0. The number of guanidine groups is 1. The van der Waals surface area contributed by atoms with Gasteiger partial charge in [-0.25, -0.2) is 0 Å². The summed E-state index contributed by atoms with van der Waals surface area (Å²) in [5.74, 6) is 2.51. The van der Waals surface area contributed by atoms with Crippen molar-refractivity contribution in [1.82, 2.24) is 30.3 Å². The van der Waals surface area contributed by atoms with Crippen LogP contribution in [0.4, 0.5) is 0 Å². The number of aromatic nitrogens is 3. The largest absolute Gasteiger partial charge is 0.381 e. The number of halogens is 1. The zero-order chi connectivity index (χ0) is 19.6. The Labute approximate surface area is 192 Å². The summed E-state index contributed by atoms with van der Waals surface area (Å²) in [4.78, 5) is 7.44. The fourth-order valence-electron chi connectivity index (χ4n) is 3.95. The Morgan fingerprint density at radius 2 is 2.07 bits per heavy atom. The number of aryl methyl sites for hydroxylation is 1. The van der Waals surface area contributed by atoms with Gasteiger partial charge in [0.2, 0.25) is 0 Å². The number of hydrogen-bond acceptors (Lipinski definition) is 5. The fraction of sp³-hybridized carbons (Fsp3) is 0.850. The Balaban J connectivity index is 0.00000300. The normalized spacial score (nSPS) is 21.2. The quantitative estimate of drug-likeness (QED) is 0.295. The van der Waals surface area contributed by atoms with Crippen molar-refractivity contribution in [3.05, 3.63) is 12.2 Å². The Kier molecular flexibility index (Phi) is 11.2. The smallest absolute Gasteiger partial charge is 0.191 e. The van der Waals surface area contributed by atoms with E-state index in [-0.39, 0.29) is 24.0 Å². The highest BCUT2D eigenvalue weighted by atomic mass is 127. The fourth-order valence-corrected chi connectivity index (χ4v) is 3.95. The average Bonchev–Trinajstić information content (AvgIpc) is 3.39. The van der Waals surface area contributed by atoms with Gasteiger partial charge in [0, 0.05) is 57.7 Å². The lowest BCUT2D eigenvalue weighted by Gasteiger charge is -2.33. The first-order valence-corrected chi connectivity index (χ1v) is 11.0. The van der Waals surface area contributed by atoms with Crippen molar-refractivity contribution in [3.63, 3.8) is 0 Å². The van der Waals surface area contributed by atoms with Crippen molar-refractivity contribution < 1.29 is 4.74 Å². The number of likely N-dealkylation sites (tertiary alicyclic amines) is 1. The molecule has 3 heterocycles. The lowest BCUT2D eigenvalue weighted by atomic mass is 10.1. The van der Waals surface area contributed by atoms with E-state index in [4.69, 9.17) is 9.73 Å². The SMILES string of the molecule is CCCN1CCC(NC(=NCC2CCOC2)NCCn2cnnc2CC)CC1.I. The van der Waals surface area contributed by atoms with Gasteiger partial charge in [0.1, 0.15) is 12.2 Å². The van der Waals surface area contributed by atoms with Crippen molar-refractivity contribution in [1.29, 1.82) is 0 Å². The predicted molar refractivity (Wildman–Crippen MR) is 127 cm³/mol. The van der Waals surface area contributed by atoms with Crippen LogP contribution >= 0.6 is 24.0 Å². The Bertz CT molecular complexity index is 595.